The van der Waals surface area contributed by atoms with Gasteiger partial charge in [-0.15, -0.1) is 0 Å². The normalized spacial score (nSPS) is 14.6. The van der Waals surface area contributed by atoms with E-state index in [0.717, 1.165) is 24.2 Å². The van der Waals surface area contributed by atoms with Crippen LogP contribution in [0.25, 0.3) is 0 Å². The van der Waals surface area contributed by atoms with Gasteiger partial charge in [-0.3, -0.25) is 14.7 Å². The third kappa shape index (κ3) is 6.37. The molecule has 1 aliphatic rings. The number of nitrogens with one attached hydrogen (secondary N) is 3. The van der Waals surface area contributed by atoms with Crippen LogP contribution in [0.5, 0.6) is 0 Å². The summed E-state index contributed by atoms with van der Waals surface area (Å²) < 4.78 is 26.4. The van der Waals surface area contributed by atoms with E-state index in [2.05, 4.69) is 20.8 Å². The van der Waals surface area contributed by atoms with Crippen molar-refractivity contribution in [2.45, 2.75) is 51.4 Å². The zero-order valence-electron chi connectivity index (χ0n) is 16.3. The second-order valence-electron chi connectivity index (χ2n) is 7.52. The summed E-state index contributed by atoms with van der Waals surface area (Å²) in [5.74, 6) is -1.31. The van der Waals surface area contributed by atoms with Gasteiger partial charge in [-0.1, -0.05) is 32.1 Å². The number of aromatic nitrogens is 2. The first-order valence-corrected chi connectivity index (χ1v) is 10.1. The Morgan fingerprint density at radius 2 is 1.93 bits per heavy atom. The van der Waals surface area contributed by atoms with E-state index >= 15 is 0 Å². The minimum absolute atomic E-state index is 0.191. The van der Waals surface area contributed by atoms with Crippen LogP contribution >= 0.6 is 0 Å². The molecule has 2 amide bonds. The summed E-state index contributed by atoms with van der Waals surface area (Å²) in [4.78, 5) is 23.9. The molecule has 1 aliphatic carbocycles. The highest BCUT2D eigenvalue weighted by molar-refractivity contribution is 5.94. The van der Waals surface area contributed by atoms with Gasteiger partial charge in [0.15, 0.2) is 5.82 Å². The molecule has 6 nitrogen and oxygen atoms in total. The Balaban J connectivity index is 1.36. The molecule has 0 aliphatic heterocycles. The number of hydrogen-bond acceptors (Lipinski definition) is 3. The van der Waals surface area contributed by atoms with Crippen LogP contribution in [0, 0.1) is 17.6 Å². The Morgan fingerprint density at radius 3 is 2.69 bits per heavy atom. The first kappa shape index (κ1) is 21.0. The Morgan fingerprint density at radius 1 is 1.14 bits per heavy atom. The molecule has 2 aromatic rings. The van der Waals surface area contributed by atoms with Gasteiger partial charge in [-0.05, 0) is 30.9 Å². The Hall–Kier alpha value is -2.77. The molecule has 0 saturated heterocycles. The highest BCUT2D eigenvalue weighted by Gasteiger charge is 2.16. The summed E-state index contributed by atoms with van der Waals surface area (Å²) in [5, 5.41) is 12.4. The van der Waals surface area contributed by atoms with Crippen LogP contribution in [0.3, 0.4) is 0 Å². The Bertz CT molecular complexity index is 847. The lowest BCUT2D eigenvalue weighted by molar-refractivity contribution is -0.116. The van der Waals surface area contributed by atoms with Gasteiger partial charge in [0.2, 0.25) is 5.91 Å². The lowest BCUT2D eigenvalue weighted by atomic mass is 9.86. The van der Waals surface area contributed by atoms with Gasteiger partial charge < -0.3 is 10.6 Å². The largest absolute Gasteiger partial charge is 0.352 e. The maximum Gasteiger partial charge on any atom is 0.254 e. The number of anilines is 1. The van der Waals surface area contributed by atoms with Crippen LogP contribution in [0.15, 0.2) is 24.3 Å². The van der Waals surface area contributed by atoms with E-state index in [-0.39, 0.29) is 24.4 Å². The van der Waals surface area contributed by atoms with E-state index in [4.69, 9.17) is 0 Å². The topological polar surface area (TPSA) is 86.9 Å². The van der Waals surface area contributed by atoms with E-state index in [1.165, 1.54) is 32.1 Å². The summed E-state index contributed by atoms with van der Waals surface area (Å²) in [6.45, 7) is 0.205. The van der Waals surface area contributed by atoms with Gasteiger partial charge in [-0.2, -0.15) is 5.10 Å². The molecule has 1 aromatic carbocycles. The van der Waals surface area contributed by atoms with Crippen molar-refractivity contribution in [3.05, 3.63) is 47.2 Å². The monoisotopic (exact) mass is 404 g/mol. The zero-order chi connectivity index (χ0) is 20.6. The molecule has 0 unspecified atom stereocenters. The fourth-order valence-corrected chi connectivity index (χ4v) is 3.66. The standard InChI is InChI=1S/C21H26F2N4O2/c22-15-8-9-17(18(23)12-15)21(29)24-10-4-7-20(28)25-19-13-16(26-27-19)11-14-5-2-1-3-6-14/h8-9,12-14H,1-7,10-11H2,(H,24,29)(H2,25,26,27,28). The van der Waals surface area contributed by atoms with Crippen LogP contribution < -0.4 is 10.6 Å². The molecular formula is C21H26F2N4O2. The number of aromatic amines is 1. The summed E-state index contributed by atoms with van der Waals surface area (Å²) >= 11 is 0. The number of H-pyrrole nitrogens is 1. The summed E-state index contributed by atoms with van der Waals surface area (Å²) in [5.41, 5.74) is 0.804. The summed E-state index contributed by atoms with van der Waals surface area (Å²) in [6.07, 6.45) is 7.91. The molecule has 0 radical (unpaired) electrons. The number of carbonyl (C=O) groups excluding carboxylic acids is 2. The number of nitrogens with zero attached hydrogens (tertiary/aromatic N) is 1. The van der Waals surface area contributed by atoms with Crippen molar-refractivity contribution in [1.82, 2.24) is 15.5 Å². The van der Waals surface area contributed by atoms with Crippen molar-refractivity contribution in [1.29, 1.82) is 0 Å². The molecule has 8 heteroatoms. The number of carbonyl (C=O) groups is 2. The van der Waals surface area contributed by atoms with E-state index < -0.39 is 17.5 Å². The van der Waals surface area contributed by atoms with Crippen LogP contribution in [0.4, 0.5) is 14.6 Å². The van der Waals surface area contributed by atoms with E-state index in [9.17, 15) is 18.4 Å². The van der Waals surface area contributed by atoms with Gasteiger partial charge in [0.25, 0.3) is 5.91 Å². The third-order valence-electron chi connectivity index (χ3n) is 5.17. The van der Waals surface area contributed by atoms with Crippen LogP contribution in [0.2, 0.25) is 0 Å². The van der Waals surface area contributed by atoms with Crippen molar-refractivity contribution in [2.75, 3.05) is 11.9 Å². The number of halogens is 2. The highest BCUT2D eigenvalue weighted by atomic mass is 19.1. The zero-order valence-corrected chi connectivity index (χ0v) is 16.3. The quantitative estimate of drug-likeness (QED) is 0.582. The molecule has 0 bridgehead atoms. The molecule has 1 fully saturated rings. The van der Waals surface area contributed by atoms with Crippen molar-refractivity contribution >= 4 is 17.6 Å². The molecular weight excluding hydrogens is 378 g/mol. The average Bonchev–Trinajstić information content (AvgIpc) is 3.12. The molecule has 156 valence electrons. The lowest BCUT2D eigenvalue weighted by Crippen LogP contribution is -2.26. The Labute approximate surface area is 168 Å². The van der Waals surface area contributed by atoms with Crippen molar-refractivity contribution in [3.8, 4) is 0 Å². The Kier molecular flexibility index (Phi) is 7.32. The molecule has 29 heavy (non-hydrogen) atoms. The minimum atomic E-state index is -0.914. The van der Waals surface area contributed by atoms with Crippen molar-refractivity contribution in [2.24, 2.45) is 5.92 Å². The average molecular weight is 404 g/mol. The van der Waals surface area contributed by atoms with E-state index in [1.807, 2.05) is 6.07 Å². The maximum atomic E-state index is 13.6. The molecule has 0 spiro atoms. The summed E-state index contributed by atoms with van der Waals surface area (Å²) in [6, 6.07) is 4.65. The molecule has 1 aromatic heterocycles. The van der Waals surface area contributed by atoms with Crippen LogP contribution in [-0.4, -0.2) is 28.6 Å². The van der Waals surface area contributed by atoms with Gasteiger partial charge in [0.05, 0.1) is 5.56 Å². The van der Waals surface area contributed by atoms with E-state index in [0.29, 0.717) is 24.2 Å². The first-order chi connectivity index (χ1) is 14.0. The van der Waals surface area contributed by atoms with Crippen LogP contribution in [-0.2, 0) is 11.2 Å². The fourth-order valence-electron chi connectivity index (χ4n) is 3.66. The predicted molar refractivity (Wildman–Crippen MR) is 105 cm³/mol. The molecule has 3 rings (SSSR count). The number of amides is 2. The van der Waals surface area contributed by atoms with E-state index in [1.54, 1.807) is 0 Å². The number of benzene rings is 1. The van der Waals surface area contributed by atoms with Crippen LogP contribution in [0.1, 0.15) is 61.0 Å². The third-order valence-corrected chi connectivity index (χ3v) is 5.17. The number of rotatable bonds is 8. The lowest BCUT2D eigenvalue weighted by Gasteiger charge is -2.20. The van der Waals surface area contributed by atoms with Gasteiger partial charge in [0.1, 0.15) is 11.6 Å². The molecule has 0 atom stereocenters. The van der Waals surface area contributed by atoms with Gasteiger partial charge >= 0.3 is 0 Å². The van der Waals surface area contributed by atoms with Crippen molar-refractivity contribution in [3.63, 3.8) is 0 Å². The van der Waals surface area contributed by atoms with Gasteiger partial charge in [0, 0.05) is 30.8 Å². The maximum absolute atomic E-state index is 13.6. The predicted octanol–water partition coefficient (Wildman–Crippen LogP) is 3.96. The minimum Gasteiger partial charge on any atom is -0.352 e. The van der Waals surface area contributed by atoms with Gasteiger partial charge in [-0.25, -0.2) is 8.78 Å². The smallest absolute Gasteiger partial charge is 0.254 e. The van der Waals surface area contributed by atoms with Crippen molar-refractivity contribution < 1.29 is 18.4 Å². The SMILES string of the molecule is O=C(CCCNC(=O)c1ccc(F)cc1F)Nc1cc(CC2CCCCC2)[nH]n1. The molecule has 1 saturated carbocycles. The fraction of sp³-hybridized carbons (Fsp3) is 0.476. The first-order valence-electron chi connectivity index (χ1n) is 10.1. The highest BCUT2D eigenvalue weighted by Crippen LogP contribution is 2.26. The summed E-state index contributed by atoms with van der Waals surface area (Å²) in [7, 11) is 0. The molecule has 1 heterocycles. The second-order valence-corrected chi connectivity index (χ2v) is 7.52. The second kappa shape index (κ2) is 10.1. The number of hydrogen-bond donors (Lipinski definition) is 3. The molecule has 3 N–H and O–H groups in total.